The number of fused-ring (bicyclic) bond motifs is 1. The normalized spacial score (nSPS) is 11.8. The van der Waals surface area contributed by atoms with Crippen molar-refractivity contribution in [3.8, 4) is 22.4 Å². The molecule has 0 bridgehead atoms. The first-order chi connectivity index (χ1) is 17.1. The van der Waals surface area contributed by atoms with Crippen LogP contribution in [-0.4, -0.2) is 24.5 Å². The van der Waals surface area contributed by atoms with E-state index in [-0.39, 0.29) is 22.9 Å². The Morgan fingerprint density at radius 2 is 1.67 bits per heavy atom. The third-order valence-corrected chi connectivity index (χ3v) is 6.25. The van der Waals surface area contributed by atoms with E-state index in [4.69, 9.17) is 0 Å². The number of hydrogen-bond acceptors (Lipinski definition) is 4. The summed E-state index contributed by atoms with van der Waals surface area (Å²) in [7, 11) is 1.82. The van der Waals surface area contributed by atoms with Gasteiger partial charge < -0.3 is 4.98 Å². The molecule has 0 radical (unpaired) electrons. The van der Waals surface area contributed by atoms with Crippen LogP contribution >= 0.6 is 0 Å². The molecule has 0 saturated heterocycles. The van der Waals surface area contributed by atoms with Gasteiger partial charge in [-0.25, -0.2) is 9.07 Å². The van der Waals surface area contributed by atoms with Crippen LogP contribution in [0.15, 0.2) is 76.7 Å². The van der Waals surface area contributed by atoms with Gasteiger partial charge in [-0.3, -0.25) is 14.3 Å². The number of aromatic amines is 1. The Bertz CT molecular complexity index is 1710. The Morgan fingerprint density at radius 1 is 0.917 bits per heavy atom. The maximum Gasteiger partial charge on any atom is 0.277 e. The van der Waals surface area contributed by atoms with Gasteiger partial charge in [0, 0.05) is 30.3 Å². The minimum Gasteiger partial charge on any atom is -0.322 e. The number of rotatable bonds is 4. The molecule has 0 fully saturated rings. The number of nitrogens with zero attached hydrogens (tertiary/aromatic N) is 4. The van der Waals surface area contributed by atoms with Gasteiger partial charge >= 0.3 is 0 Å². The van der Waals surface area contributed by atoms with Gasteiger partial charge in [0.1, 0.15) is 5.82 Å². The second-order valence-electron chi connectivity index (χ2n) is 10.0. The van der Waals surface area contributed by atoms with Crippen molar-refractivity contribution in [2.75, 3.05) is 0 Å². The van der Waals surface area contributed by atoms with Crippen molar-refractivity contribution in [3.05, 3.63) is 105 Å². The monoisotopic (exact) mass is 483 g/mol. The zero-order chi connectivity index (χ0) is 25.6. The highest BCUT2D eigenvalue weighted by molar-refractivity contribution is 5.82. The minimum absolute atomic E-state index is 0.0427. The van der Waals surface area contributed by atoms with Crippen molar-refractivity contribution < 1.29 is 4.39 Å². The largest absolute Gasteiger partial charge is 0.322 e. The summed E-state index contributed by atoms with van der Waals surface area (Å²) in [6, 6.07) is 14.2. The molecular weight excluding hydrogens is 457 g/mol. The SMILES string of the molecule is Cn1cc(-c2cc(-c3ccc(Cn4ncc5cc(C(C)(C)C)cc(F)c5c4=O)cc3)cc(=O)[nH]2)cn1. The molecule has 0 spiro atoms. The summed E-state index contributed by atoms with van der Waals surface area (Å²) in [5.41, 5.74) is 3.84. The first kappa shape index (κ1) is 23.4. The van der Waals surface area contributed by atoms with Gasteiger partial charge in [-0.15, -0.1) is 0 Å². The molecule has 36 heavy (non-hydrogen) atoms. The lowest BCUT2D eigenvalue weighted by Gasteiger charge is -2.19. The van der Waals surface area contributed by atoms with E-state index in [0.717, 1.165) is 27.8 Å². The summed E-state index contributed by atoms with van der Waals surface area (Å²) in [5.74, 6) is -0.535. The van der Waals surface area contributed by atoms with Gasteiger partial charge in [-0.2, -0.15) is 10.2 Å². The molecule has 0 atom stereocenters. The number of hydrogen-bond donors (Lipinski definition) is 1. The fraction of sp³-hybridized carbons (Fsp3) is 0.214. The first-order valence-corrected chi connectivity index (χ1v) is 11.6. The number of pyridine rings is 1. The first-order valence-electron chi connectivity index (χ1n) is 11.6. The molecule has 0 aliphatic carbocycles. The minimum atomic E-state index is -0.535. The van der Waals surface area contributed by atoms with Crippen molar-refractivity contribution in [1.82, 2.24) is 24.5 Å². The molecule has 0 aliphatic heterocycles. The molecule has 8 heteroatoms. The summed E-state index contributed by atoms with van der Waals surface area (Å²) < 4.78 is 17.9. The van der Waals surface area contributed by atoms with Crippen molar-refractivity contribution in [3.63, 3.8) is 0 Å². The Balaban J connectivity index is 1.44. The van der Waals surface area contributed by atoms with Gasteiger partial charge in [0.05, 0.1) is 30.0 Å². The van der Waals surface area contributed by atoms with Crippen LogP contribution in [-0.2, 0) is 19.0 Å². The number of benzene rings is 2. The van der Waals surface area contributed by atoms with Gasteiger partial charge in [0.2, 0.25) is 5.56 Å². The molecule has 3 heterocycles. The summed E-state index contributed by atoms with van der Waals surface area (Å²) in [6.45, 7) is 6.19. The van der Waals surface area contributed by atoms with Crippen LogP contribution in [0.3, 0.4) is 0 Å². The second-order valence-corrected chi connectivity index (χ2v) is 10.0. The fourth-order valence-electron chi connectivity index (χ4n) is 4.22. The van der Waals surface area contributed by atoms with Crippen molar-refractivity contribution >= 4 is 10.8 Å². The molecule has 0 saturated carbocycles. The van der Waals surface area contributed by atoms with E-state index in [0.29, 0.717) is 11.1 Å². The van der Waals surface area contributed by atoms with E-state index in [9.17, 15) is 14.0 Å². The number of nitrogens with one attached hydrogen (secondary N) is 1. The smallest absolute Gasteiger partial charge is 0.277 e. The van der Waals surface area contributed by atoms with Gasteiger partial charge in [-0.05, 0) is 45.9 Å². The van der Waals surface area contributed by atoms with E-state index >= 15 is 0 Å². The Labute approximate surface area is 206 Å². The molecule has 1 N–H and O–H groups in total. The molecule has 5 rings (SSSR count). The van der Waals surface area contributed by atoms with Crippen LogP contribution in [0.4, 0.5) is 4.39 Å². The number of aromatic nitrogens is 5. The van der Waals surface area contributed by atoms with E-state index in [1.54, 1.807) is 23.1 Å². The van der Waals surface area contributed by atoms with Gasteiger partial charge in [0.25, 0.3) is 5.56 Å². The predicted molar refractivity (Wildman–Crippen MR) is 138 cm³/mol. The maximum atomic E-state index is 14.9. The Hall–Kier alpha value is -4.33. The summed E-state index contributed by atoms with van der Waals surface area (Å²) in [4.78, 5) is 28.1. The van der Waals surface area contributed by atoms with Crippen molar-refractivity contribution in [2.24, 2.45) is 7.05 Å². The lowest BCUT2D eigenvalue weighted by Crippen LogP contribution is -2.24. The van der Waals surface area contributed by atoms with Crippen LogP contribution in [0, 0.1) is 5.82 Å². The van der Waals surface area contributed by atoms with Crippen LogP contribution < -0.4 is 11.1 Å². The van der Waals surface area contributed by atoms with Crippen LogP contribution in [0.2, 0.25) is 0 Å². The molecule has 2 aromatic carbocycles. The topological polar surface area (TPSA) is 85.6 Å². The average Bonchev–Trinajstić information content (AvgIpc) is 3.26. The number of aryl methyl sites for hydroxylation is 1. The van der Waals surface area contributed by atoms with Gasteiger partial charge in [0.15, 0.2) is 0 Å². The summed E-state index contributed by atoms with van der Waals surface area (Å²) in [5, 5.41) is 8.99. The number of halogens is 1. The van der Waals surface area contributed by atoms with Crippen LogP contribution in [0.5, 0.6) is 0 Å². The molecule has 0 unspecified atom stereocenters. The quantitative estimate of drug-likeness (QED) is 0.404. The van der Waals surface area contributed by atoms with Crippen molar-refractivity contribution in [2.45, 2.75) is 32.7 Å². The third kappa shape index (κ3) is 4.49. The number of H-pyrrole nitrogens is 1. The summed E-state index contributed by atoms with van der Waals surface area (Å²) >= 11 is 0. The molecule has 3 aromatic heterocycles. The Morgan fingerprint density at radius 3 is 2.33 bits per heavy atom. The van der Waals surface area contributed by atoms with E-state index < -0.39 is 11.4 Å². The Kier molecular flexibility index (Phi) is 5.67. The molecule has 7 nitrogen and oxygen atoms in total. The van der Waals surface area contributed by atoms with Crippen molar-refractivity contribution in [1.29, 1.82) is 0 Å². The lowest BCUT2D eigenvalue weighted by molar-refractivity contribution is 0.574. The zero-order valence-corrected chi connectivity index (χ0v) is 20.5. The molecule has 5 aromatic rings. The molecule has 182 valence electrons. The summed E-state index contributed by atoms with van der Waals surface area (Å²) in [6.07, 6.45) is 5.07. The second kappa shape index (κ2) is 8.71. The van der Waals surface area contributed by atoms with E-state index in [1.165, 1.54) is 10.7 Å². The van der Waals surface area contributed by atoms with E-state index in [1.807, 2.05) is 70.4 Å². The molecular formula is C28H26FN5O2. The fourth-order valence-corrected chi connectivity index (χ4v) is 4.22. The highest BCUT2D eigenvalue weighted by Gasteiger charge is 2.18. The zero-order valence-electron chi connectivity index (χ0n) is 20.5. The maximum absolute atomic E-state index is 14.9. The molecule has 0 amide bonds. The van der Waals surface area contributed by atoms with Crippen LogP contribution in [0.25, 0.3) is 33.2 Å². The van der Waals surface area contributed by atoms with E-state index in [2.05, 4.69) is 15.2 Å². The van der Waals surface area contributed by atoms with Crippen LogP contribution in [0.1, 0.15) is 31.9 Å². The molecule has 0 aliphatic rings. The predicted octanol–water partition coefficient (Wildman–Crippen LogP) is 4.64. The lowest BCUT2D eigenvalue weighted by atomic mass is 9.86. The average molecular weight is 484 g/mol. The highest BCUT2D eigenvalue weighted by Crippen LogP contribution is 2.27. The third-order valence-electron chi connectivity index (χ3n) is 6.25. The highest BCUT2D eigenvalue weighted by atomic mass is 19.1. The van der Waals surface area contributed by atoms with Gasteiger partial charge in [-0.1, -0.05) is 45.0 Å². The standard InChI is InChI=1S/C28H26FN5O2/c1-28(2,3)22-9-20-13-31-34(27(36)26(20)23(29)12-22)15-17-5-7-18(8-6-17)19-10-24(32-25(35)11-19)21-14-30-33(4)16-21/h5-14,16H,15H2,1-4H3,(H,32,35).